The number of rotatable bonds is 10. The second-order valence-corrected chi connectivity index (χ2v) is 9.40. The van der Waals surface area contributed by atoms with Gasteiger partial charge in [-0.15, -0.1) is 0 Å². The zero-order valence-corrected chi connectivity index (χ0v) is 18.6. The molecule has 2 aliphatic heterocycles. The maximum absolute atomic E-state index is 13.5. The average Bonchev–Trinajstić information content (AvgIpc) is 3.30. The van der Waals surface area contributed by atoms with Crippen molar-refractivity contribution in [3.05, 3.63) is 71.8 Å². The summed E-state index contributed by atoms with van der Waals surface area (Å²) in [6.07, 6.45) is 3.41. The highest BCUT2D eigenvalue weighted by Crippen LogP contribution is 2.42. The molecule has 1 unspecified atom stereocenters. The van der Waals surface area contributed by atoms with Gasteiger partial charge in [0.2, 0.25) is 0 Å². The highest BCUT2D eigenvalue weighted by Gasteiger charge is 2.52. The fraction of sp³-hybridized carbons (Fsp3) is 0.480. The van der Waals surface area contributed by atoms with E-state index in [2.05, 4.69) is 70.1 Å². The van der Waals surface area contributed by atoms with Crippen LogP contribution >= 0.6 is 11.8 Å². The minimum absolute atomic E-state index is 0.192. The maximum Gasteiger partial charge on any atom is 0.321 e. The fourth-order valence-electron chi connectivity index (χ4n) is 4.65. The summed E-state index contributed by atoms with van der Waals surface area (Å²) in [4.78, 5) is 17.8. The molecule has 2 fully saturated rings. The summed E-state index contributed by atoms with van der Waals surface area (Å²) in [7, 11) is 0. The summed E-state index contributed by atoms with van der Waals surface area (Å²) in [5, 5.41) is 0.505. The number of amides is 2. The van der Waals surface area contributed by atoms with Crippen molar-refractivity contribution in [2.24, 2.45) is 0 Å². The number of benzene rings is 2. The van der Waals surface area contributed by atoms with Gasteiger partial charge in [-0.05, 0) is 37.3 Å². The molecular formula is C25H32N2O2S. The smallest absolute Gasteiger partial charge is 0.321 e. The Morgan fingerprint density at radius 3 is 2.20 bits per heavy atom. The molecule has 0 N–H and O–H groups in total. The van der Waals surface area contributed by atoms with Crippen LogP contribution < -0.4 is 0 Å². The minimum atomic E-state index is 0.192. The van der Waals surface area contributed by atoms with Gasteiger partial charge in [0.05, 0.1) is 12.1 Å². The van der Waals surface area contributed by atoms with Crippen LogP contribution in [0.2, 0.25) is 0 Å². The molecule has 2 aromatic rings. The predicted octanol–water partition coefficient (Wildman–Crippen LogP) is 5.18. The normalized spacial score (nSPS) is 23.2. The Morgan fingerprint density at radius 1 is 0.933 bits per heavy atom. The van der Waals surface area contributed by atoms with Gasteiger partial charge < -0.3 is 14.5 Å². The number of carbonyl (C=O) groups is 1. The van der Waals surface area contributed by atoms with Gasteiger partial charge in [0.1, 0.15) is 0 Å². The van der Waals surface area contributed by atoms with Gasteiger partial charge in [-0.3, -0.25) is 0 Å². The van der Waals surface area contributed by atoms with Crippen molar-refractivity contribution in [3.63, 3.8) is 0 Å². The summed E-state index contributed by atoms with van der Waals surface area (Å²) in [5.41, 5.74) is 2.41. The van der Waals surface area contributed by atoms with E-state index in [0.717, 1.165) is 38.2 Å². The SMILES string of the molecule is CCOCCCCC1SC[C@H]2[C@@H]1N(Cc1ccccc1)C(=O)N2Cc1ccccc1. The highest BCUT2D eigenvalue weighted by atomic mass is 32.2. The molecule has 3 atom stereocenters. The third-order valence-corrected chi connectivity index (χ3v) is 7.61. The van der Waals surface area contributed by atoms with E-state index in [9.17, 15) is 4.79 Å². The second kappa shape index (κ2) is 10.4. The van der Waals surface area contributed by atoms with E-state index in [0.29, 0.717) is 30.4 Å². The van der Waals surface area contributed by atoms with Crippen molar-refractivity contribution in [2.45, 2.75) is 56.6 Å². The molecule has 0 bridgehead atoms. The van der Waals surface area contributed by atoms with Crippen molar-refractivity contribution in [1.29, 1.82) is 0 Å². The van der Waals surface area contributed by atoms with Gasteiger partial charge in [-0.25, -0.2) is 4.79 Å². The third kappa shape index (κ3) is 4.84. The quantitative estimate of drug-likeness (QED) is 0.389. The number of hydrogen-bond acceptors (Lipinski definition) is 3. The first-order valence-electron chi connectivity index (χ1n) is 11.1. The third-order valence-electron chi connectivity index (χ3n) is 6.13. The van der Waals surface area contributed by atoms with Gasteiger partial charge in [0, 0.05) is 37.3 Å². The molecule has 2 saturated heterocycles. The molecule has 2 aliphatic rings. The molecule has 0 spiro atoms. The first-order valence-corrected chi connectivity index (χ1v) is 12.2. The summed E-state index contributed by atoms with van der Waals surface area (Å²) in [6, 6.07) is 21.6. The Balaban J connectivity index is 1.49. The number of thioether (sulfide) groups is 1. The van der Waals surface area contributed by atoms with Gasteiger partial charge >= 0.3 is 6.03 Å². The van der Waals surface area contributed by atoms with Crippen LogP contribution in [-0.2, 0) is 17.8 Å². The molecule has 0 aliphatic carbocycles. The largest absolute Gasteiger partial charge is 0.382 e. The lowest BCUT2D eigenvalue weighted by Gasteiger charge is -2.27. The lowest BCUT2D eigenvalue weighted by atomic mass is 10.0. The Labute approximate surface area is 184 Å². The van der Waals surface area contributed by atoms with E-state index in [-0.39, 0.29) is 6.03 Å². The average molecular weight is 425 g/mol. The Kier molecular flexibility index (Phi) is 7.34. The van der Waals surface area contributed by atoms with E-state index < -0.39 is 0 Å². The van der Waals surface area contributed by atoms with E-state index in [1.165, 1.54) is 11.1 Å². The van der Waals surface area contributed by atoms with Crippen molar-refractivity contribution >= 4 is 17.8 Å². The van der Waals surface area contributed by atoms with Crippen LogP contribution in [0, 0.1) is 0 Å². The van der Waals surface area contributed by atoms with Gasteiger partial charge in [-0.2, -0.15) is 11.8 Å². The summed E-state index contributed by atoms with van der Waals surface area (Å²) in [5.74, 6) is 1.03. The van der Waals surface area contributed by atoms with Gasteiger partial charge in [0.15, 0.2) is 0 Å². The van der Waals surface area contributed by atoms with E-state index in [1.54, 1.807) is 0 Å². The lowest BCUT2D eigenvalue weighted by molar-refractivity contribution is 0.142. The molecule has 2 amide bonds. The minimum Gasteiger partial charge on any atom is -0.382 e. The number of hydrogen-bond donors (Lipinski definition) is 0. The molecule has 4 nitrogen and oxygen atoms in total. The monoisotopic (exact) mass is 424 g/mol. The van der Waals surface area contributed by atoms with Crippen molar-refractivity contribution in [2.75, 3.05) is 19.0 Å². The van der Waals surface area contributed by atoms with Crippen LogP contribution in [0.5, 0.6) is 0 Å². The zero-order chi connectivity index (χ0) is 20.8. The van der Waals surface area contributed by atoms with Crippen LogP contribution in [-0.4, -0.2) is 52.1 Å². The molecule has 4 rings (SSSR count). The number of fused-ring (bicyclic) bond motifs is 1. The molecule has 0 radical (unpaired) electrons. The fourth-order valence-corrected chi connectivity index (χ4v) is 6.33. The number of unbranched alkanes of at least 4 members (excludes halogenated alkanes) is 1. The summed E-state index contributed by atoms with van der Waals surface area (Å²) < 4.78 is 5.51. The van der Waals surface area contributed by atoms with Crippen LogP contribution in [0.15, 0.2) is 60.7 Å². The van der Waals surface area contributed by atoms with Gasteiger partial charge in [-0.1, -0.05) is 60.7 Å². The van der Waals surface area contributed by atoms with Crippen molar-refractivity contribution < 1.29 is 9.53 Å². The number of nitrogens with zero attached hydrogens (tertiary/aromatic N) is 2. The Bertz CT molecular complexity index is 801. The van der Waals surface area contributed by atoms with Crippen LogP contribution in [0.25, 0.3) is 0 Å². The molecule has 2 heterocycles. The second-order valence-electron chi connectivity index (χ2n) is 8.13. The highest BCUT2D eigenvalue weighted by molar-refractivity contribution is 8.00. The molecule has 2 aromatic carbocycles. The first-order chi connectivity index (χ1) is 14.8. The van der Waals surface area contributed by atoms with E-state index >= 15 is 0 Å². The maximum atomic E-state index is 13.5. The topological polar surface area (TPSA) is 32.8 Å². The number of urea groups is 1. The van der Waals surface area contributed by atoms with E-state index in [4.69, 9.17) is 4.74 Å². The molecule has 0 aromatic heterocycles. The van der Waals surface area contributed by atoms with Crippen LogP contribution in [0.1, 0.15) is 37.3 Å². The lowest BCUT2D eigenvalue weighted by Crippen LogP contribution is -2.40. The number of carbonyl (C=O) groups excluding carboxylic acids is 1. The summed E-state index contributed by atoms with van der Waals surface area (Å²) in [6.45, 7) is 5.07. The Morgan fingerprint density at radius 2 is 1.57 bits per heavy atom. The molecule has 30 heavy (non-hydrogen) atoms. The standard InChI is InChI=1S/C25H32N2O2S/c1-2-29-16-10-9-15-23-24-22(19-30-23)26(17-20-11-5-3-6-12-20)25(28)27(24)18-21-13-7-4-8-14-21/h3-8,11-14,22-24H,2,9-10,15-19H2,1H3/t22-,23?,24-/m0/s1. The van der Waals surface area contributed by atoms with Crippen molar-refractivity contribution in [1.82, 2.24) is 9.80 Å². The summed E-state index contributed by atoms with van der Waals surface area (Å²) >= 11 is 2.05. The molecule has 0 saturated carbocycles. The zero-order valence-electron chi connectivity index (χ0n) is 17.8. The van der Waals surface area contributed by atoms with Crippen LogP contribution in [0.4, 0.5) is 4.79 Å². The first kappa shape index (κ1) is 21.3. The Hall–Kier alpha value is -1.98. The van der Waals surface area contributed by atoms with E-state index in [1.807, 2.05) is 19.1 Å². The molecule has 160 valence electrons. The van der Waals surface area contributed by atoms with Crippen molar-refractivity contribution in [3.8, 4) is 0 Å². The number of ether oxygens (including phenoxy) is 1. The predicted molar refractivity (Wildman–Crippen MR) is 124 cm³/mol. The molecular weight excluding hydrogens is 392 g/mol. The van der Waals surface area contributed by atoms with Gasteiger partial charge in [0.25, 0.3) is 0 Å². The molecule has 5 heteroatoms. The van der Waals surface area contributed by atoms with Crippen LogP contribution in [0.3, 0.4) is 0 Å².